The highest BCUT2D eigenvalue weighted by molar-refractivity contribution is 5.89. The molecule has 0 radical (unpaired) electrons. The van der Waals surface area contributed by atoms with Crippen LogP contribution in [0.3, 0.4) is 0 Å². The van der Waals surface area contributed by atoms with Gasteiger partial charge in [-0.15, -0.1) is 0 Å². The molecular formula is C18H31N5O2. The average molecular weight is 349 g/mol. The van der Waals surface area contributed by atoms with Gasteiger partial charge in [-0.3, -0.25) is 14.5 Å². The van der Waals surface area contributed by atoms with Gasteiger partial charge in [0, 0.05) is 32.1 Å². The molecule has 2 heterocycles. The van der Waals surface area contributed by atoms with E-state index in [1.54, 1.807) is 6.20 Å². The summed E-state index contributed by atoms with van der Waals surface area (Å²) in [5.41, 5.74) is 0. The summed E-state index contributed by atoms with van der Waals surface area (Å²) in [6.45, 7) is 10.3. The molecule has 2 amide bonds. The second-order valence-electron chi connectivity index (χ2n) is 7.14. The van der Waals surface area contributed by atoms with Crippen molar-refractivity contribution in [3.63, 3.8) is 0 Å². The summed E-state index contributed by atoms with van der Waals surface area (Å²) in [6.07, 6.45) is 4.07. The van der Waals surface area contributed by atoms with Crippen molar-refractivity contribution in [2.24, 2.45) is 5.92 Å². The Bertz CT molecular complexity index is 576. The fourth-order valence-electron chi connectivity index (χ4n) is 3.27. The van der Waals surface area contributed by atoms with Crippen LogP contribution >= 0.6 is 0 Å². The molecule has 1 aromatic rings. The van der Waals surface area contributed by atoms with Crippen molar-refractivity contribution >= 4 is 17.6 Å². The van der Waals surface area contributed by atoms with Gasteiger partial charge in [0.2, 0.25) is 11.8 Å². The molecule has 1 aliphatic heterocycles. The highest BCUT2D eigenvalue weighted by Gasteiger charge is 2.28. The number of anilines is 1. The lowest BCUT2D eigenvalue weighted by Gasteiger charge is -2.35. The lowest BCUT2D eigenvalue weighted by molar-refractivity contribution is -0.126. The van der Waals surface area contributed by atoms with Crippen molar-refractivity contribution in [3.8, 4) is 0 Å². The number of likely N-dealkylation sites (tertiary alicyclic amines) is 1. The summed E-state index contributed by atoms with van der Waals surface area (Å²) in [4.78, 5) is 26.2. The smallest absolute Gasteiger partial charge is 0.237 e. The van der Waals surface area contributed by atoms with E-state index in [0.29, 0.717) is 18.9 Å². The lowest BCUT2D eigenvalue weighted by atomic mass is 10.0. The molecule has 0 aliphatic carbocycles. The molecule has 0 spiro atoms. The number of carbonyl (C=O) groups is 2. The maximum absolute atomic E-state index is 12.0. The minimum atomic E-state index is -0.108. The number of hydrogen-bond donors (Lipinski definition) is 2. The van der Waals surface area contributed by atoms with Gasteiger partial charge in [-0.1, -0.05) is 13.8 Å². The van der Waals surface area contributed by atoms with Crippen LogP contribution in [0.5, 0.6) is 0 Å². The number of nitrogens with one attached hydrogen (secondary N) is 2. The number of rotatable bonds is 7. The summed E-state index contributed by atoms with van der Waals surface area (Å²) >= 11 is 0. The number of piperidine rings is 1. The molecule has 7 nitrogen and oxygen atoms in total. The van der Waals surface area contributed by atoms with Crippen LogP contribution in [0, 0.1) is 5.92 Å². The second kappa shape index (κ2) is 8.99. The highest BCUT2D eigenvalue weighted by Crippen LogP contribution is 2.26. The van der Waals surface area contributed by atoms with Crippen LogP contribution < -0.4 is 10.6 Å². The molecule has 1 saturated heterocycles. The number of carbonyl (C=O) groups excluding carboxylic acids is 2. The van der Waals surface area contributed by atoms with Crippen LogP contribution in [0.4, 0.5) is 5.82 Å². The van der Waals surface area contributed by atoms with Gasteiger partial charge in [-0.05, 0) is 32.6 Å². The predicted octanol–water partition coefficient (Wildman–Crippen LogP) is 2.03. The fraction of sp³-hybridized carbons (Fsp3) is 0.722. The van der Waals surface area contributed by atoms with E-state index >= 15 is 0 Å². The Morgan fingerprint density at radius 3 is 2.56 bits per heavy atom. The summed E-state index contributed by atoms with van der Waals surface area (Å²) < 4.78 is 1.92. The van der Waals surface area contributed by atoms with E-state index < -0.39 is 0 Å². The Hall–Kier alpha value is -1.89. The van der Waals surface area contributed by atoms with Crippen LogP contribution in [-0.2, 0) is 9.59 Å². The first-order valence-corrected chi connectivity index (χ1v) is 9.27. The molecule has 25 heavy (non-hydrogen) atoms. The van der Waals surface area contributed by atoms with E-state index in [2.05, 4.69) is 20.6 Å². The zero-order chi connectivity index (χ0) is 18.4. The molecule has 0 bridgehead atoms. The topological polar surface area (TPSA) is 79.3 Å². The molecule has 2 rings (SSSR count). The average Bonchev–Trinajstić information content (AvgIpc) is 3.01. The third-order valence-corrected chi connectivity index (χ3v) is 4.65. The third-order valence-electron chi connectivity index (χ3n) is 4.65. The van der Waals surface area contributed by atoms with Crippen LogP contribution in [-0.4, -0.2) is 52.2 Å². The van der Waals surface area contributed by atoms with Crippen molar-refractivity contribution in [1.82, 2.24) is 20.0 Å². The SMILES string of the molecule is CCNC(=O)[C@@H](C)N1CCC(n2nccc2NC(=O)CC(C)C)CC1. The molecule has 1 atom stereocenters. The van der Waals surface area contributed by atoms with Gasteiger partial charge < -0.3 is 10.6 Å². The maximum atomic E-state index is 12.0. The van der Waals surface area contributed by atoms with Crippen molar-refractivity contribution in [1.29, 1.82) is 0 Å². The van der Waals surface area contributed by atoms with Crippen LogP contribution in [0.2, 0.25) is 0 Å². The van der Waals surface area contributed by atoms with Gasteiger partial charge in [-0.25, -0.2) is 4.68 Å². The molecule has 140 valence electrons. The van der Waals surface area contributed by atoms with Gasteiger partial charge >= 0.3 is 0 Å². The third kappa shape index (κ3) is 5.29. The maximum Gasteiger partial charge on any atom is 0.237 e. The van der Waals surface area contributed by atoms with Gasteiger partial charge in [0.15, 0.2) is 0 Å². The zero-order valence-corrected chi connectivity index (χ0v) is 15.8. The summed E-state index contributed by atoms with van der Waals surface area (Å²) in [5, 5.41) is 10.3. The summed E-state index contributed by atoms with van der Waals surface area (Å²) in [5.74, 6) is 1.21. The molecular weight excluding hydrogens is 318 g/mol. The van der Waals surface area contributed by atoms with Crippen LogP contribution in [0.25, 0.3) is 0 Å². The van der Waals surface area contributed by atoms with E-state index in [1.807, 2.05) is 38.4 Å². The normalized spacial score (nSPS) is 17.5. The first-order chi connectivity index (χ1) is 11.9. The number of likely N-dealkylation sites (N-methyl/N-ethyl adjacent to an activating group) is 1. The Balaban J connectivity index is 1.92. The standard InChI is InChI=1S/C18H31N5O2/c1-5-19-18(25)14(4)22-10-7-15(8-11-22)23-16(6-9-20-23)21-17(24)12-13(2)3/h6,9,13-15H,5,7-8,10-12H2,1-4H3,(H,19,25)(H,21,24)/t14-/m1/s1. The summed E-state index contributed by atoms with van der Waals surface area (Å²) in [6, 6.07) is 1.99. The van der Waals surface area contributed by atoms with Gasteiger partial charge in [0.1, 0.15) is 5.82 Å². The minimum Gasteiger partial charge on any atom is -0.355 e. The lowest BCUT2D eigenvalue weighted by Crippen LogP contribution is -2.48. The minimum absolute atomic E-state index is 0.0269. The Morgan fingerprint density at radius 2 is 1.96 bits per heavy atom. The molecule has 1 aliphatic rings. The first kappa shape index (κ1) is 19.4. The van der Waals surface area contributed by atoms with Crippen molar-refractivity contribution in [3.05, 3.63) is 12.3 Å². The monoisotopic (exact) mass is 349 g/mol. The molecule has 1 aromatic heterocycles. The van der Waals surface area contributed by atoms with Gasteiger partial charge in [0.25, 0.3) is 0 Å². The summed E-state index contributed by atoms with van der Waals surface area (Å²) in [7, 11) is 0. The predicted molar refractivity (Wildman–Crippen MR) is 98.3 cm³/mol. The second-order valence-corrected chi connectivity index (χ2v) is 7.14. The molecule has 0 aromatic carbocycles. The van der Waals surface area contributed by atoms with E-state index in [-0.39, 0.29) is 23.9 Å². The number of aromatic nitrogens is 2. The molecule has 1 fully saturated rings. The first-order valence-electron chi connectivity index (χ1n) is 9.27. The van der Waals surface area contributed by atoms with Gasteiger partial charge in [0.05, 0.1) is 18.3 Å². The Labute approximate surface area is 150 Å². The van der Waals surface area contributed by atoms with E-state index in [0.717, 1.165) is 31.7 Å². The van der Waals surface area contributed by atoms with Gasteiger partial charge in [-0.2, -0.15) is 5.10 Å². The molecule has 0 unspecified atom stereocenters. The Morgan fingerprint density at radius 1 is 1.28 bits per heavy atom. The Kier molecular flexibility index (Phi) is 6.99. The molecule has 2 N–H and O–H groups in total. The number of amides is 2. The zero-order valence-electron chi connectivity index (χ0n) is 15.8. The highest BCUT2D eigenvalue weighted by atomic mass is 16.2. The van der Waals surface area contributed by atoms with E-state index in [4.69, 9.17) is 0 Å². The van der Waals surface area contributed by atoms with Crippen LogP contribution in [0.15, 0.2) is 12.3 Å². The van der Waals surface area contributed by atoms with Crippen LogP contribution in [0.1, 0.15) is 53.0 Å². The molecule has 7 heteroatoms. The largest absolute Gasteiger partial charge is 0.355 e. The van der Waals surface area contributed by atoms with Crippen molar-refractivity contribution in [2.45, 2.75) is 59.0 Å². The van der Waals surface area contributed by atoms with Crippen molar-refractivity contribution < 1.29 is 9.59 Å². The molecule has 0 saturated carbocycles. The number of hydrogen-bond acceptors (Lipinski definition) is 4. The van der Waals surface area contributed by atoms with E-state index in [9.17, 15) is 9.59 Å². The number of nitrogens with zero attached hydrogens (tertiary/aromatic N) is 3. The van der Waals surface area contributed by atoms with Crippen molar-refractivity contribution in [2.75, 3.05) is 25.0 Å². The van der Waals surface area contributed by atoms with E-state index in [1.165, 1.54) is 0 Å². The fourth-order valence-corrected chi connectivity index (χ4v) is 3.27. The quantitative estimate of drug-likeness (QED) is 0.789.